The number of unbranched alkanes of at least 4 members (excludes halogenated alkanes) is 6. The molecule has 0 bridgehead atoms. The molecule has 0 rings (SSSR count). The van der Waals surface area contributed by atoms with Crippen LogP contribution in [0.3, 0.4) is 0 Å². The molecular formula is C26H48O8Zr. The Bertz CT molecular complexity index is 465. The summed E-state index contributed by atoms with van der Waals surface area (Å²) < 4.78 is 10.5. The Morgan fingerprint density at radius 3 is 1.17 bits per heavy atom. The van der Waals surface area contributed by atoms with Crippen molar-refractivity contribution >= 4 is 23.5 Å². The molecule has 0 aromatic carbocycles. The van der Waals surface area contributed by atoms with Gasteiger partial charge in [-0.15, -0.1) is 0 Å². The van der Waals surface area contributed by atoms with E-state index in [4.69, 9.17) is 5.63 Å². The molecule has 0 aliphatic rings. The third kappa shape index (κ3) is 29.2. The van der Waals surface area contributed by atoms with Crippen molar-refractivity contribution in [3.8, 4) is 0 Å². The number of hydrogen-bond acceptors (Lipinski definition) is 8. The average molecular weight is 580 g/mol. The summed E-state index contributed by atoms with van der Waals surface area (Å²) in [6, 6.07) is 0. The number of carboxylic acid groups (broad SMARTS) is 2. The van der Waals surface area contributed by atoms with Crippen molar-refractivity contribution in [2.45, 2.75) is 119 Å². The van der Waals surface area contributed by atoms with Crippen LogP contribution in [0.15, 0.2) is 0 Å². The Kier molecular flexibility index (Phi) is 32.3. The Morgan fingerprint density at radius 1 is 0.600 bits per heavy atom. The predicted molar refractivity (Wildman–Crippen MR) is 128 cm³/mol. The van der Waals surface area contributed by atoms with Gasteiger partial charge in [0.2, 0.25) is 0 Å². The van der Waals surface area contributed by atoms with Crippen LogP contribution in [0.4, 0.5) is 0 Å². The summed E-state index contributed by atoms with van der Waals surface area (Å²) in [5.41, 5.74) is 0. The fourth-order valence-electron chi connectivity index (χ4n) is 2.85. The van der Waals surface area contributed by atoms with Gasteiger partial charge in [-0.25, -0.2) is 0 Å². The van der Waals surface area contributed by atoms with Gasteiger partial charge in [-0.2, -0.15) is 0 Å². The van der Waals surface area contributed by atoms with E-state index >= 15 is 0 Å². The van der Waals surface area contributed by atoms with Gasteiger partial charge in [-0.05, 0) is 26.7 Å². The van der Waals surface area contributed by atoms with Gasteiger partial charge in [0.15, 0.2) is 0 Å². The molecular weight excluding hydrogens is 532 g/mol. The molecule has 9 heteroatoms. The molecule has 0 aromatic rings. The summed E-state index contributed by atoms with van der Waals surface area (Å²) in [6.45, 7) is 12.8. The molecule has 8 nitrogen and oxygen atoms in total. The van der Waals surface area contributed by atoms with E-state index in [1.54, 1.807) is 0 Å². The molecule has 35 heavy (non-hydrogen) atoms. The van der Waals surface area contributed by atoms with E-state index in [-0.39, 0.29) is 11.6 Å². The van der Waals surface area contributed by atoms with Crippen molar-refractivity contribution in [1.82, 2.24) is 0 Å². The van der Waals surface area contributed by atoms with Crippen molar-refractivity contribution in [3.05, 3.63) is 0 Å². The molecule has 2 unspecified atom stereocenters. The van der Waals surface area contributed by atoms with E-state index in [0.29, 0.717) is 12.8 Å². The molecule has 0 aliphatic heterocycles. The normalized spacial score (nSPS) is 11.6. The molecule has 0 saturated carbocycles. The molecule has 0 amide bonds. The number of carbonyl (C=O) groups excluding carboxylic acids is 4. The Labute approximate surface area is 225 Å². The Morgan fingerprint density at radius 2 is 0.943 bits per heavy atom. The number of rotatable bonds is 20. The standard InChI is InChI=1S/2C10H18O3.2C3H7O.Zr/c2*1-3-4-5-6-7-9(8(2)11)10(12)13;2*1-2-3-4;/h2*9H,3-7H2,1-2H3,(H,12,13);2*2-3H2,1H3;/q;;2*-1;+4/p-2. The zero-order valence-electron chi connectivity index (χ0n) is 22.8. The third-order valence-corrected chi connectivity index (χ3v) is 6.56. The molecule has 0 aromatic heterocycles. The number of hydrogen-bond donors (Lipinski definition) is 0. The van der Waals surface area contributed by atoms with Crippen molar-refractivity contribution in [1.29, 1.82) is 0 Å². The van der Waals surface area contributed by atoms with Gasteiger partial charge in [0.25, 0.3) is 0 Å². The summed E-state index contributed by atoms with van der Waals surface area (Å²) >= 11 is -0.851. The fourth-order valence-corrected chi connectivity index (χ4v) is 4.47. The molecule has 0 radical (unpaired) electrons. The number of carbonyl (C=O) groups is 4. The second-order valence-corrected chi connectivity index (χ2v) is 10.3. The summed E-state index contributed by atoms with van der Waals surface area (Å²) in [6.07, 6.45) is 11.1. The summed E-state index contributed by atoms with van der Waals surface area (Å²) in [5, 5.41) is 20.9. The number of aliphatic carboxylic acids is 2. The topological polar surface area (TPSA) is 133 Å². The first-order valence-corrected chi connectivity index (χ1v) is 15.0. The van der Waals surface area contributed by atoms with Crippen molar-refractivity contribution in [2.75, 3.05) is 13.2 Å². The number of ketones is 2. The third-order valence-electron chi connectivity index (χ3n) is 4.97. The second kappa shape index (κ2) is 29.3. The molecule has 0 spiro atoms. The van der Waals surface area contributed by atoms with Crippen molar-refractivity contribution in [3.63, 3.8) is 0 Å². The molecule has 0 fully saturated rings. The van der Waals surface area contributed by atoms with E-state index in [9.17, 15) is 29.4 Å². The maximum atomic E-state index is 10.8. The van der Waals surface area contributed by atoms with Crippen LogP contribution in [-0.2, 0) is 48.9 Å². The molecule has 0 saturated heterocycles. The van der Waals surface area contributed by atoms with Crippen molar-refractivity contribution < 1.29 is 59.1 Å². The minimum atomic E-state index is -1.23. The van der Waals surface area contributed by atoms with Gasteiger partial charge < -0.3 is 19.8 Å². The van der Waals surface area contributed by atoms with Crippen LogP contribution < -0.4 is 10.2 Å². The van der Waals surface area contributed by atoms with Crippen LogP contribution in [-0.4, -0.2) is 36.7 Å². The van der Waals surface area contributed by atoms with Gasteiger partial charge in [-0.1, -0.05) is 65.2 Å². The van der Waals surface area contributed by atoms with Crippen LogP contribution in [0.1, 0.15) is 119 Å². The van der Waals surface area contributed by atoms with Gasteiger partial charge >= 0.3 is 69.6 Å². The maximum absolute atomic E-state index is 10.8. The Hall–Kier alpha value is -0.917. The predicted octanol–water partition coefficient (Wildman–Crippen LogP) is 3.58. The zero-order chi connectivity index (χ0) is 27.5. The summed E-state index contributed by atoms with van der Waals surface area (Å²) in [5.74, 6) is -4.84. The van der Waals surface area contributed by atoms with Crippen LogP contribution >= 0.6 is 0 Å². The second-order valence-electron chi connectivity index (χ2n) is 8.44. The van der Waals surface area contributed by atoms with Gasteiger partial charge in [0, 0.05) is 0 Å². The van der Waals surface area contributed by atoms with E-state index in [1.807, 2.05) is 0 Å². The monoisotopic (exact) mass is 578 g/mol. The van der Waals surface area contributed by atoms with E-state index in [1.165, 1.54) is 13.8 Å². The number of Topliss-reactive ketones (excluding diaryl/α,β-unsaturated/α-hetero) is 2. The van der Waals surface area contributed by atoms with Crippen LogP contribution in [0.5, 0.6) is 0 Å². The molecule has 0 heterocycles. The summed E-state index contributed by atoms with van der Waals surface area (Å²) in [4.78, 5) is 42.6. The SMILES string of the molecule is CCCCCCC(C(C)=O)C(=O)[O-].CCCCCCC(C(C)=O)C(=O)[O-].CCC[O][Zr+2][O]CCC. The minimum absolute atomic E-state index is 0.295. The van der Waals surface area contributed by atoms with E-state index in [2.05, 4.69) is 27.7 Å². The van der Waals surface area contributed by atoms with Gasteiger partial charge in [0.1, 0.15) is 11.6 Å². The Balaban J connectivity index is -0.000000448. The first-order chi connectivity index (χ1) is 16.6. The molecule has 0 N–H and O–H groups in total. The van der Waals surface area contributed by atoms with Crippen LogP contribution in [0.25, 0.3) is 0 Å². The van der Waals surface area contributed by atoms with Gasteiger partial charge in [-0.3, -0.25) is 9.59 Å². The average Bonchev–Trinajstić information content (AvgIpc) is 2.79. The van der Waals surface area contributed by atoms with E-state index < -0.39 is 47.9 Å². The van der Waals surface area contributed by atoms with Crippen LogP contribution in [0, 0.1) is 11.8 Å². The quantitative estimate of drug-likeness (QED) is 0.158. The zero-order valence-corrected chi connectivity index (χ0v) is 25.3. The van der Waals surface area contributed by atoms with Crippen LogP contribution in [0.2, 0.25) is 0 Å². The number of carboxylic acids is 2. The molecule has 204 valence electrons. The summed E-state index contributed by atoms with van der Waals surface area (Å²) in [7, 11) is 0. The van der Waals surface area contributed by atoms with E-state index in [0.717, 1.165) is 77.4 Å². The first kappa shape index (κ1) is 38.6. The molecule has 0 aliphatic carbocycles. The fraction of sp³-hybridized carbons (Fsp3) is 0.846. The first-order valence-electron chi connectivity index (χ1n) is 13.0. The van der Waals surface area contributed by atoms with Gasteiger partial charge in [0.05, 0.1) is 23.8 Å². The molecule has 2 atom stereocenters. The van der Waals surface area contributed by atoms with Crippen molar-refractivity contribution in [2.24, 2.45) is 11.8 Å².